The Labute approximate surface area is 208 Å². The molecule has 0 spiro atoms. The number of H-pyrrole nitrogens is 1. The minimum Gasteiger partial charge on any atom is -0.378 e. The topological polar surface area (TPSA) is 105 Å². The van der Waals surface area contributed by atoms with Gasteiger partial charge in [0.25, 0.3) is 0 Å². The van der Waals surface area contributed by atoms with Crippen LogP contribution in [0.15, 0.2) is 67.3 Å². The van der Waals surface area contributed by atoms with E-state index in [0.717, 1.165) is 53.8 Å². The fraction of sp³-hybridized carbons (Fsp3) is 0.240. The maximum atomic E-state index is 5.67. The molecule has 1 saturated heterocycles. The van der Waals surface area contributed by atoms with Gasteiger partial charge in [0.1, 0.15) is 6.33 Å². The molecule has 2 N–H and O–H groups in total. The molecule has 178 valence electrons. The number of morpholine rings is 1. The Morgan fingerprint density at radius 1 is 1.03 bits per heavy atom. The van der Waals surface area contributed by atoms with E-state index in [-0.39, 0.29) is 18.4 Å². The van der Waals surface area contributed by atoms with Crippen LogP contribution in [0.2, 0.25) is 0 Å². The van der Waals surface area contributed by atoms with Crippen molar-refractivity contribution in [3.8, 4) is 11.3 Å². The van der Waals surface area contributed by atoms with E-state index in [4.69, 9.17) is 14.7 Å². The van der Waals surface area contributed by atoms with Crippen LogP contribution in [-0.2, 0) is 11.3 Å². The number of benzene rings is 2. The largest absolute Gasteiger partial charge is 0.378 e. The third-order valence-corrected chi connectivity index (χ3v) is 6.03. The molecule has 1 unspecified atom stereocenters. The summed E-state index contributed by atoms with van der Waals surface area (Å²) < 4.78 is 5.67. The van der Waals surface area contributed by atoms with Crippen molar-refractivity contribution in [2.45, 2.75) is 12.6 Å². The van der Waals surface area contributed by atoms with Gasteiger partial charge < -0.3 is 15.0 Å². The lowest BCUT2D eigenvalue weighted by Gasteiger charge is -2.30. The van der Waals surface area contributed by atoms with Crippen molar-refractivity contribution in [2.24, 2.45) is 0 Å². The number of fused-ring (bicyclic) bond motifs is 2. The summed E-state index contributed by atoms with van der Waals surface area (Å²) in [5, 5.41) is 12.4. The van der Waals surface area contributed by atoms with Gasteiger partial charge in [-0.15, -0.1) is 12.4 Å². The molecule has 35 heavy (non-hydrogen) atoms. The van der Waals surface area contributed by atoms with Crippen molar-refractivity contribution in [3.63, 3.8) is 0 Å². The standard InChI is InChI=1S/C25H24N8O.ClH/c1-2-4-17(5-3-1)13-33(14-20-15-34-9-8-26-20)25-27-11-19-10-18(6-7-22(19)31-25)23-21-12-30-32-24(21)29-16-28-23;/h1-7,10-12,16,20,26H,8-9,13-15H2,(H,28,29,30,32);1H. The lowest BCUT2D eigenvalue weighted by molar-refractivity contribution is 0.0786. The number of aromatic amines is 1. The molecule has 0 bridgehead atoms. The SMILES string of the molecule is Cl.c1ccc(CN(CC2COCCN2)c2ncc3cc(-c4ncnc5[nH]ncc45)ccc3n2)cc1. The number of hydrogen-bond acceptors (Lipinski definition) is 8. The zero-order valence-electron chi connectivity index (χ0n) is 19.0. The molecule has 1 aliphatic heterocycles. The first-order chi connectivity index (χ1) is 16.8. The lowest BCUT2D eigenvalue weighted by Crippen LogP contribution is -2.48. The summed E-state index contributed by atoms with van der Waals surface area (Å²) in [6.07, 6.45) is 5.18. The summed E-state index contributed by atoms with van der Waals surface area (Å²) in [5.74, 6) is 0.704. The van der Waals surface area contributed by atoms with E-state index in [1.165, 1.54) is 5.56 Å². The van der Waals surface area contributed by atoms with Crippen LogP contribution in [0.1, 0.15) is 5.56 Å². The summed E-state index contributed by atoms with van der Waals surface area (Å²) in [6, 6.07) is 16.8. The van der Waals surface area contributed by atoms with Gasteiger partial charge in [-0.3, -0.25) is 5.10 Å². The van der Waals surface area contributed by atoms with Gasteiger partial charge in [0, 0.05) is 42.8 Å². The van der Waals surface area contributed by atoms with Crippen LogP contribution in [0.4, 0.5) is 5.95 Å². The molecule has 5 aromatic rings. The first-order valence-corrected chi connectivity index (χ1v) is 11.3. The van der Waals surface area contributed by atoms with E-state index in [0.29, 0.717) is 18.2 Å². The van der Waals surface area contributed by atoms with Crippen molar-refractivity contribution >= 4 is 40.3 Å². The van der Waals surface area contributed by atoms with Crippen LogP contribution in [0.5, 0.6) is 0 Å². The summed E-state index contributed by atoms with van der Waals surface area (Å²) in [6.45, 7) is 3.78. The zero-order valence-corrected chi connectivity index (χ0v) is 19.8. The fourth-order valence-corrected chi connectivity index (χ4v) is 4.34. The lowest BCUT2D eigenvalue weighted by atomic mass is 10.1. The Morgan fingerprint density at radius 2 is 1.94 bits per heavy atom. The van der Waals surface area contributed by atoms with Crippen molar-refractivity contribution < 1.29 is 4.74 Å². The molecule has 6 rings (SSSR count). The molecule has 1 atom stereocenters. The normalized spacial score (nSPS) is 15.7. The van der Waals surface area contributed by atoms with Crippen molar-refractivity contribution in [2.75, 3.05) is 31.2 Å². The Bertz CT molecular complexity index is 1420. The van der Waals surface area contributed by atoms with Gasteiger partial charge in [-0.25, -0.2) is 19.9 Å². The third kappa shape index (κ3) is 4.93. The summed E-state index contributed by atoms with van der Waals surface area (Å²) in [7, 11) is 0. The Hall–Kier alpha value is -3.66. The average molecular weight is 489 g/mol. The molecule has 9 nitrogen and oxygen atoms in total. The van der Waals surface area contributed by atoms with Crippen LogP contribution < -0.4 is 10.2 Å². The second-order valence-electron chi connectivity index (χ2n) is 8.39. The second-order valence-corrected chi connectivity index (χ2v) is 8.39. The smallest absolute Gasteiger partial charge is 0.226 e. The quantitative estimate of drug-likeness (QED) is 0.375. The molecular formula is C25H25ClN8O. The van der Waals surface area contributed by atoms with E-state index < -0.39 is 0 Å². The molecule has 1 aliphatic rings. The molecule has 3 aromatic heterocycles. The van der Waals surface area contributed by atoms with Gasteiger partial charge in [-0.2, -0.15) is 5.10 Å². The molecule has 0 saturated carbocycles. The predicted octanol–water partition coefficient (Wildman–Crippen LogP) is 3.38. The highest BCUT2D eigenvalue weighted by Gasteiger charge is 2.20. The fourth-order valence-electron chi connectivity index (χ4n) is 4.34. The maximum absolute atomic E-state index is 5.67. The first-order valence-electron chi connectivity index (χ1n) is 11.3. The highest BCUT2D eigenvalue weighted by Crippen LogP contribution is 2.27. The van der Waals surface area contributed by atoms with Gasteiger partial charge in [0.05, 0.1) is 36.0 Å². The zero-order chi connectivity index (χ0) is 22.7. The summed E-state index contributed by atoms with van der Waals surface area (Å²) in [5.41, 5.74) is 4.62. The van der Waals surface area contributed by atoms with Crippen molar-refractivity contribution in [3.05, 3.63) is 72.8 Å². The number of anilines is 1. The minimum atomic E-state index is 0. The molecule has 0 amide bonds. The molecular weight excluding hydrogens is 464 g/mol. The number of aromatic nitrogens is 6. The molecule has 4 heterocycles. The van der Waals surface area contributed by atoms with Gasteiger partial charge >= 0.3 is 0 Å². The highest BCUT2D eigenvalue weighted by molar-refractivity contribution is 5.93. The van der Waals surface area contributed by atoms with E-state index >= 15 is 0 Å². The molecule has 0 aliphatic carbocycles. The average Bonchev–Trinajstić information content (AvgIpc) is 3.38. The van der Waals surface area contributed by atoms with E-state index in [9.17, 15) is 0 Å². The number of hydrogen-bond donors (Lipinski definition) is 2. The van der Waals surface area contributed by atoms with Crippen LogP contribution >= 0.6 is 12.4 Å². The second kappa shape index (κ2) is 10.3. The van der Waals surface area contributed by atoms with Gasteiger partial charge in [0.15, 0.2) is 5.65 Å². The van der Waals surface area contributed by atoms with Crippen LogP contribution in [0.25, 0.3) is 33.2 Å². The number of nitrogens with zero attached hydrogens (tertiary/aromatic N) is 6. The van der Waals surface area contributed by atoms with Crippen molar-refractivity contribution in [1.29, 1.82) is 0 Å². The molecule has 2 aromatic carbocycles. The van der Waals surface area contributed by atoms with E-state index in [1.807, 2.05) is 24.4 Å². The maximum Gasteiger partial charge on any atom is 0.226 e. The highest BCUT2D eigenvalue weighted by atomic mass is 35.5. The Kier molecular flexibility index (Phi) is 6.80. The van der Waals surface area contributed by atoms with Crippen LogP contribution in [0.3, 0.4) is 0 Å². The number of ether oxygens (including phenoxy) is 1. The van der Waals surface area contributed by atoms with Gasteiger partial charge in [-0.05, 0) is 17.7 Å². The van der Waals surface area contributed by atoms with Crippen LogP contribution in [0, 0.1) is 0 Å². The Balaban J connectivity index is 0.00000253. The third-order valence-electron chi connectivity index (χ3n) is 6.03. The summed E-state index contributed by atoms with van der Waals surface area (Å²) >= 11 is 0. The molecule has 10 heteroatoms. The number of rotatable bonds is 6. The number of halogens is 1. The van der Waals surface area contributed by atoms with E-state index in [2.05, 4.69) is 60.7 Å². The molecule has 1 fully saturated rings. The van der Waals surface area contributed by atoms with Gasteiger partial charge in [-0.1, -0.05) is 36.4 Å². The predicted molar refractivity (Wildman–Crippen MR) is 138 cm³/mol. The number of nitrogens with one attached hydrogen (secondary N) is 2. The van der Waals surface area contributed by atoms with Gasteiger partial charge in [0.2, 0.25) is 5.95 Å². The Morgan fingerprint density at radius 3 is 2.80 bits per heavy atom. The first kappa shape index (κ1) is 23.1. The van der Waals surface area contributed by atoms with E-state index in [1.54, 1.807) is 12.5 Å². The summed E-state index contributed by atoms with van der Waals surface area (Å²) in [4.78, 5) is 20.6. The molecule has 0 radical (unpaired) electrons. The minimum absolute atomic E-state index is 0. The monoisotopic (exact) mass is 488 g/mol. The van der Waals surface area contributed by atoms with Crippen LogP contribution in [-0.4, -0.2) is 62.5 Å². The van der Waals surface area contributed by atoms with Crippen molar-refractivity contribution in [1.82, 2.24) is 35.5 Å².